The van der Waals surface area contributed by atoms with Crippen LogP contribution >= 0.6 is 28.1 Å². The van der Waals surface area contributed by atoms with Crippen molar-refractivity contribution >= 4 is 44.7 Å². The SMILES string of the molecule is Cc1nn(C)cc1C(=O)Nc1ccc(Br)cc1C(N)=S. The van der Waals surface area contributed by atoms with Crippen LogP contribution in [-0.4, -0.2) is 20.7 Å². The number of carbonyl (C=O) groups excluding carboxylic acids is 1. The lowest BCUT2D eigenvalue weighted by molar-refractivity contribution is 0.102. The molecule has 0 saturated heterocycles. The molecule has 0 atom stereocenters. The second kappa shape index (κ2) is 5.72. The van der Waals surface area contributed by atoms with E-state index in [1.807, 2.05) is 6.07 Å². The zero-order valence-electron chi connectivity index (χ0n) is 11.0. The predicted molar refractivity (Wildman–Crippen MR) is 85.9 cm³/mol. The molecule has 0 unspecified atom stereocenters. The molecule has 0 aliphatic rings. The first-order valence-corrected chi connectivity index (χ1v) is 6.99. The third-order valence-corrected chi connectivity index (χ3v) is 3.47. The number of aryl methyl sites for hydroxylation is 2. The number of anilines is 1. The van der Waals surface area contributed by atoms with E-state index >= 15 is 0 Å². The molecule has 0 spiro atoms. The van der Waals surface area contributed by atoms with Gasteiger partial charge in [-0.2, -0.15) is 5.10 Å². The van der Waals surface area contributed by atoms with Crippen molar-refractivity contribution in [3.05, 3.63) is 45.7 Å². The van der Waals surface area contributed by atoms with Gasteiger partial charge in [0.2, 0.25) is 0 Å². The molecule has 0 aliphatic heterocycles. The summed E-state index contributed by atoms with van der Waals surface area (Å²) in [6, 6.07) is 5.34. The Bertz CT molecular complexity index is 696. The van der Waals surface area contributed by atoms with Gasteiger partial charge in [0.15, 0.2) is 0 Å². The number of hydrogen-bond donors (Lipinski definition) is 2. The van der Waals surface area contributed by atoms with E-state index in [0.717, 1.165) is 4.47 Å². The van der Waals surface area contributed by atoms with Crippen molar-refractivity contribution < 1.29 is 4.79 Å². The fraction of sp³-hybridized carbons (Fsp3) is 0.154. The average molecular weight is 353 g/mol. The molecule has 3 N–H and O–H groups in total. The van der Waals surface area contributed by atoms with Gasteiger partial charge in [-0.15, -0.1) is 0 Å². The van der Waals surface area contributed by atoms with Crippen LogP contribution < -0.4 is 11.1 Å². The number of aromatic nitrogens is 2. The normalized spacial score (nSPS) is 10.3. The summed E-state index contributed by atoms with van der Waals surface area (Å²) < 4.78 is 2.44. The molecule has 1 heterocycles. The second-order valence-corrected chi connectivity index (χ2v) is 5.67. The Morgan fingerprint density at radius 3 is 2.70 bits per heavy atom. The first kappa shape index (κ1) is 14.7. The number of nitrogens with one attached hydrogen (secondary N) is 1. The monoisotopic (exact) mass is 352 g/mol. The van der Waals surface area contributed by atoms with Crippen molar-refractivity contribution in [2.24, 2.45) is 12.8 Å². The summed E-state index contributed by atoms with van der Waals surface area (Å²) in [7, 11) is 1.77. The Labute approximate surface area is 130 Å². The molecule has 7 heteroatoms. The van der Waals surface area contributed by atoms with E-state index in [1.54, 1.807) is 37.0 Å². The van der Waals surface area contributed by atoms with Gasteiger partial charge in [-0.05, 0) is 25.1 Å². The molecular formula is C13H13BrN4OS. The number of nitrogens with zero attached hydrogens (tertiary/aromatic N) is 2. The number of thiocarbonyl (C=S) groups is 1. The summed E-state index contributed by atoms with van der Waals surface area (Å²) in [5, 5.41) is 6.95. The average Bonchev–Trinajstić information content (AvgIpc) is 2.70. The van der Waals surface area contributed by atoms with Crippen LogP contribution in [0, 0.1) is 6.92 Å². The van der Waals surface area contributed by atoms with E-state index in [-0.39, 0.29) is 10.9 Å². The number of rotatable bonds is 3. The lowest BCUT2D eigenvalue weighted by atomic mass is 10.1. The molecule has 0 radical (unpaired) electrons. The topological polar surface area (TPSA) is 72.9 Å². The van der Waals surface area contributed by atoms with Crippen molar-refractivity contribution in [3.8, 4) is 0 Å². The maximum atomic E-state index is 12.2. The first-order chi connectivity index (χ1) is 9.38. The minimum absolute atomic E-state index is 0.226. The van der Waals surface area contributed by atoms with Crippen LogP contribution in [-0.2, 0) is 7.05 Å². The minimum atomic E-state index is -0.240. The van der Waals surface area contributed by atoms with Gasteiger partial charge in [0.25, 0.3) is 5.91 Å². The highest BCUT2D eigenvalue weighted by molar-refractivity contribution is 9.10. The van der Waals surface area contributed by atoms with Gasteiger partial charge in [0, 0.05) is 23.3 Å². The Hall–Kier alpha value is -1.73. The summed E-state index contributed by atoms with van der Waals surface area (Å²) in [6.07, 6.45) is 1.67. The van der Waals surface area contributed by atoms with Gasteiger partial charge >= 0.3 is 0 Å². The molecule has 0 saturated carbocycles. The zero-order chi connectivity index (χ0) is 14.9. The summed E-state index contributed by atoms with van der Waals surface area (Å²) in [6.45, 7) is 1.78. The molecule has 1 aromatic carbocycles. The van der Waals surface area contributed by atoms with E-state index < -0.39 is 0 Å². The highest BCUT2D eigenvalue weighted by Gasteiger charge is 2.15. The predicted octanol–water partition coefficient (Wildman–Crippen LogP) is 2.38. The van der Waals surface area contributed by atoms with Gasteiger partial charge in [-0.3, -0.25) is 9.48 Å². The van der Waals surface area contributed by atoms with Crippen molar-refractivity contribution in [2.45, 2.75) is 6.92 Å². The number of benzene rings is 1. The fourth-order valence-corrected chi connectivity index (χ4v) is 2.37. The Kier molecular flexibility index (Phi) is 4.20. The molecule has 2 rings (SSSR count). The van der Waals surface area contributed by atoms with Crippen LogP contribution in [0.15, 0.2) is 28.9 Å². The molecule has 0 bridgehead atoms. The van der Waals surface area contributed by atoms with Gasteiger partial charge in [-0.25, -0.2) is 0 Å². The van der Waals surface area contributed by atoms with Crippen LogP contribution in [0.25, 0.3) is 0 Å². The molecule has 20 heavy (non-hydrogen) atoms. The largest absolute Gasteiger partial charge is 0.389 e. The van der Waals surface area contributed by atoms with Gasteiger partial charge < -0.3 is 11.1 Å². The Balaban J connectivity index is 2.33. The number of halogens is 1. The lowest BCUT2D eigenvalue weighted by Crippen LogP contribution is -2.18. The Morgan fingerprint density at radius 1 is 1.45 bits per heavy atom. The zero-order valence-corrected chi connectivity index (χ0v) is 13.4. The Morgan fingerprint density at radius 2 is 2.15 bits per heavy atom. The molecule has 0 fully saturated rings. The molecule has 1 aromatic heterocycles. The number of hydrogen-bond acceptors (Lipinski definition) is 3. The first-order valence-electron chi connectivity index (χ1n) is 5.79. The summed E-state index contributed by atoms with van der Waals surface area (Å²) in [5.41, 5.74) is 8.05. The van der Waals surface area contributed by atoms with Crippen LogP contribution in [0.1, 0.15) is 21.6 Å². The van der Waals surface area contributed by atoms with Crippen molar-refractivity contribution in [2.75, 3.05) is 5.32 Å². The number of nitrogens with two attached hydrogens (primary N) is 1. The molecule has 1 amide bonds. The molecule has 0 aliphatic carbocycles. The maximum absolute atomic E-state index is 12.2. The van der Waals surface area contributed by atoms with Crippen LogP contribution in [0.2, 0.25) is 0 Å². The van der Waals surface area contributed by atoms with E-state index in [4.69, 9.17) is 18.0 Å². The van der Waals surface area contributed by atoms with Gasteiger partial charge in [0.05, 0.1) is 16.9 Å². The third kappa shape index (κ3) is 3.05. The standard InChI is InChI=1S/C13H13BrN4OS/c1-7-10(6-18(2)17-7)13(19)16-11-4-3-8(14)5-9(11)12(15)20/h3-6H,1-2H3,(H2,15,20)(H,16,19). The van der Waals surface area contributed by atoms with Crippen LogP contribution in [0.3, 0.4) is 0 Å². The maximum Gasteiger partial charge on any atom is 0.259 e. The summed E-state index contributed by atoms with van der Waals surface area (Å²) in [4.78, 5) is 12.5. The summed E-state index contributed by atoms with van der Waals surface area (Å²) >= 11 is 8.35. The van der Waals surface area contributed by atoms with Crippen molar-refractivity contribution in [1.82, 2.24) is 9.78 Å². The molecule has 5 nitrogen and oxygen atoms in total. The van der Waals surface area contributed by atoms with Gasteiger partial charge in [-0.1, -0.05) is 28.1 Å². The van der Waals surface area contributed by atoms with Gasteiger partial charge in [0.1, 0.15) is 4.99 Å². The molecular weight excluding hydrogens is 340 g/mol. The van der Waals surface area contributed by atoms with E-state index in [9.17, 15) is 4.79 Å². The van der Waals surface area contributed by atoms with Crippen molar-refractivity contribution in [3.63, 3.8) is 0 Å². The van der Waals surface area contributed by atoms with E-state index in [0.29, 0.717) is 22.5 Å². The van der Waals surface area contributed by atoms with E-state index in [1.165, 1.54) is 0 Å². The number of carbonyl (C=O) groups is 1. The summed E-state index contributed by atoms with van der Waals surface area (Å²) in [5.74, 6) is -0.240. The fourth-order valence-electron chi connectivity index (χ4n) is 1.84. The second-order valence-electron chi connectivity index (χ2n) is 4.31. The third-order valence-electron chi connectivity index (χ3n) is 2.75. The van der Waals surface area contributed by atoms with E-state index in [2.05, 4.69) is 26.3 Å². The highest BCUT2D eigenvalue weighted by Crippen LogP contribution is 2.22. The highest BCUT2D eigenvalue weighted by atomic mass is 79.9. The van der Waals surface area contributed by atoms with Crippen LogP contribution in [0.4, 0.5) is 5.69 Å². The molecule has 2 aromatic rings. The lowest BCUT2D eigenvalue weighted by Gasteiger charge is -2.10. The quantitative estimate of drug-likeness (QED) is 0.831. The van der Waals surface area contributed by atoms with Crippen LogP contribution in [0.5, 0.6) is 0 Å². The number of amides is 1. The molecule has 104 valence electrons. The minimum Gasteiger partial charge on any atom is -0.389 e. The van der Waals surface area contributed by atoms with Crippen molar-refractivity contribution in [1.29, 1.82) is 0 Å². The smallest absolute Gasteiger partial charge is 0.259 e.